The zero-order chi connectivity index (χ0) is 15.7. The highest BCUT2D eigenvalue weighted by molar-refractivity contribution is 5.91. The van der Waals surface area contributed by atoms with Crippen molar-refractivity contribution in [2.45, 2.75) is 13.8 Å². The Balaban J connectivity index is 2.42. The van der Waals surface area contributed by atoms with Crippen molar-refractivity contribution in [3.8, 4) is 5.75 Å². The Morgan fingerprint density at radius 3 is 2.33 bits per heavy atom. The molecule has 0 bridgehead atoms. The molecule has 0 aromatic heterocycles. The zero-order valence-electron chi connectivity index (χ0n) is 11.1. The second-order valence-corrected chi connectivity index (χ2v) is 4.43. The maximum absolute atomic E-state index is 13.5. The maximum Gasteiger partial charge on any atom is 0.349 e. The zero-order valence-corrected chi connectivity index (χ0v) is 11.1. The van der Waals surface area contributed by atoms with Crippen molar-refractivity contribution in [1.82, 2.24) is 0 Å². The van der Waals surface area contributed by atoms with Crippen molar-refractivity contribution in [2.75, 3.05) is 0 Å². The number of esters is 1. The smallest absolute Gasteiger partial charge is 0.349 e. The molecule has 2 aromatic rings. The SMILES string of the molecule is Cc1cccc(OC(=O)c2c(F)cc(F)c(F)c2F)c1C. The van der Waals surface area contributed by atoms with Crippen LogP contribution in [-0.2, 0) is 0 Å². The first-order valence-electron chi connectivity index (χ1n) is 5.94. The minimum absolute atomic E-state index is 0.0866. The molecule has 0 aliphatic carbocycles. The number of hydrogen-bond donors (Lipinski definition) is 0. The van der Waals surface area contributed by atoms with Gasteiger partial charge in [0.1, 0.15) is 17.1 Å². The summed E-state index contributed by atoms with van der Waals surface area (Å²) in [5.74, 6) is -8.43. The second-order valence-electron chi connectivity index (χ2n) is 4.43. The van der Waals surface area contributed by atoms with E-state index >= 15 is 0 Å². The van der Waals surface area contributed by atoms with Gasteiger partial charge in [-0.25, -0.2) is 22.4 Å². The lowest BCUT2D eigenvalue weighted by Crippen LogP contribution is -2.16. The molecule has 6 heteroatoms. The van der Waals surface area contributed by atoms with E-state index < -0.39 is 34.8 Å². The molecule has 0 saturated carbocycles. The average molecular weight is 298 g/mol. The molecule has 2 aromatic carbocycles. The monoisotopic (exact) mass is 298 g/mol. The van der Waals surface area contributed by atoms with Crippen LogP contribution in [0.3, 0.4) is 0 Å². The van der Waals surface area contributed by atoms with Gasteiger partial charge in [0.15, 0.2) is 17.5 Å². The molecule has 110 valence electrons. The van der Waals surface area contributed by atoms with Gasteiger partial charge < -0.3 is 4.74 Å². The third kappa shape index (κ3) is 2.74. The maximum atomic E-state index is 13.5. The first kappa shape index (κ1) is 15.0. The van der Waals surface area contributed by atoms with Gasteiger partial charge in [0.2, 0.25) is 0 Å². The summed E-state index contributed by atoms with van der Waals surface area (Å²) in [4.78, 5) is 11.8. The van der Waals surface area contributed by atoms with Crippen LogP contribution in [0.4, 0.5) is 17.6 Å². The molecule has 0 N–H and O–H groups in total. The van der Waals surface area contributed by atoms with Crippen molar-refractivity contribution in [2.24, 2.45) is 0 Å². The van der Waals surface area contributed by atoms with Gasteiger partial charge in [0.05, 0.1) is 0 Å². The quantitative estimate of drug-likeness (QED) is 0.274. The number of ether oxygens (including phenoxy) is 1. The van der Waals surface area contributed by atoms with Crippen LogP contribution < -0.4 is 4.74 Å². The van der Waals surface area contributed by atoms with E-state index in [0.29, 0.717) is 5.56 Å². The molecule has 2 rings (SSSR count). The summed E-state index contributed by atoms with van der Waals surface area (Å²) in [7, 11) is 0. The Morgan fingerprint density at radius 2 is 1.67 bits per heavy atom. The summed E-state index contributed by atoms with van der Waals surface area (Å²) in [5, 5.41) is 0. The van der Waals surface area contributed by atoms with E-state index in [1.807, 2.05) is 0 Å². The van der Waals surface area contributed by atoms with Crippen molar-refractivity contribution >= 4 is 5.97 Å². The molecule has 0 radical (unpaired) electrons. The molecular weight excluding hydrogens is 288 g/mol. The molecule has 2 nitrogen and oxygen atoms in total. The Bertz CT molecular complexity index is 726. The van der Waals surface area contributed by atoms with Gasteiger partial charge in [-0.2, -0.15) is 0 Å². The van der Waals surface area contributed by atoms with Gasteiger partial charge in [-0.05, 0) is 31.0 Å². The van der Waals surface area contributed by atoms with Crippen LogP contribution in [0, 0.1) is 37.1 Å². The van der Waals surface area contributed by atoms with Crippen LogP contribution in [0.15, 0.2) is 24.3 Å². The molecule has 0 heterocycles. The molecule has 0 amide bonds. The summed E-state index contributed by atoms with van der Waals surface area (Å²) in [6.45, 7) is 3.40. The predicted molar refractivity (Wildman–Crippen MR) is 67.1 cm³/mol. The Hall–Kier alpha value is -2.37. The normalized spacial score (nSPS) is 10.6. The van der Waals surface area contributed by atoms with Crippen molar-refractivity contribution in [1.29, 1.82) is 0 Å². The fourth-order valence-electron chi connectivity index (χ4n) is 1.74. The molecule has 0 aliphatic heterocycles. The third-order valence-electron chi connectivity index (χ3n) is 3.08. The van der Waals surface area contributed by atoms with Crippen LogP contribution in [-0.4, -0.2) is 5.97 Å². The molecule has 0 spiro atoms. The first-order valence-corrected chi connectivity index (χ1v) is 5.94. The van der Waals surface area contributed by atoms with E-state index in [0.717, 1.165) is 5.56 Å². The topological polar surface area (TPSA) is 26.3 Å². The molecular formula is C15H10F4O2. The molecule has 21 heavy (non-hydrogen) atoms. The number of rotatable bonds is 2. The van der Waals surface area contributed by atoms with Crippen molar-refractivity contribution in [3.05, 3.63) is 64.2 Å². The van der Waals surface area contributed by atoms with E-state index in [-0.39, 0.29) is 11.8 Å². The standard InChI is InChI=1S/C15H10F4O2/c1-7-4-3-5-11(8(7)2)21-15(20)12-9(16)6-10(17)13(18)14(12)19/h3-6H,1-2H3. The molecule has 0 unspecified atom stereocenters. The minimum Gasteiger partial charge on any atom is -0.422 e. The van der Waals surface area contributed by atoms with E-state index in [9.17, 15) is 22.4 Å². The molecule has 0 aliphatic rings. The van der Waals surface area contributed by atoms with Gasteiger partial charge in [-0.15, -0.1) is 0 Å². The highest BCUT2D eigenvalue weighted by Crippen LogP contribution is 2.24. The number of carbonyl (C=O) groups excluding carboxylic acids is 1. The van der Waals surface area contributed by atoms with Gasteiger partial charge in [0.25, 0.3) is 0 Å². The lowest BCUT2D eigenvalue weighted by atomic mass is 10.1. The van der Waals surface area contributed by atoms with Crippen LogP contribution in [0.5, 0.6) is 5.75 Å². The van der Waals surface area contributed by atoms with E-state index in [2.05, 4.69) is 0 Å². The number of benzene rings is 2. The Labute approximate surface area is 118 Å². The summed E-state index contributed by atoms with van der Waals surface area (Å²) < 4.78 is 57.7. The third-order valence-corrected chi connectivity index (χ3v) is 3.08. The number of carbonyl (C=O) groups is 1. The number of hydrogen-bond acceptors (Lipinski definition) is 2. The van der Waals surface area contributed by atoms with Crippen molar-refractivity contribution in [3.63, 3.8) is 0 Å². The van der Waals surface area contributed by atoms with E-state index in [1.165, 1.54) is 6.07 Å². The van der Waals surface area contributed by atoms with Crippen LogP contribution in [0.2, 0.25) is 0 Å². The fourth-order valence-corrected chi connectivity index (χ4v) is 1.74. The summed E-state index contributed by atoms with van der Waals surface area (Å²) in [6, 6.07) is 4.86. The lowest BCUT2D eigenvalue weighted by Gasteiger charge is -2.10. The molecule has 0 fully saturated rings. The van der Waals surface area contributed by atoms with Crippen LogP contribution in [0.25, 0.3) is 0 Å². The second kappa shape index (κ2) is 5.55. The minimum atomic E-state index is -1.93. The highest BCUT2D eigenvalue weighted by Gasteiger charge is 2.26. The largest absolute Gasteiger partial charge is 0.422 e. The lowest BCUT2D eigenvalue weighted by molar-refractivity contribution is 0.0721. The van der Waals surface area contributed by atoms with E-state index in [1.54, 1.807) is 26.0 Å². The van der Waals surface area contributed by atoms with Gasteiger partial charge >= 0.3 is 5.97 Å². The summed E-state index contributed by atoms with van der Waals surface area (Å²) >= 11 is 0. The summed E-state index contributed by atoms with van der Waals surface area (Å²) in [6.07, 6.45) is 0. The summed E-state index contributed by atoms with van der Waals surface area (Å²) in [5.41, 5.74) is 0.121. The van der Waals surface area contributed by atoms with Crippen LogP contribution in [0.1, 0.15) is 21.5 Å². The first-order chi connectivity index (χ1) is 9.82. The fraction of sp³-hybridized carbons (Fsp3) is 0.133. The predicted octanol–water partition coefficient (Wildman–Crippen LogP) is 4.08. The highest BCUT2D eigenvalue weighted by atomic mass is 19.2. The van der Waals surface area contributed by atoms with Crippen molar-refractivity contribution < 1.29 is 27.1 Å². The van der Waals surface area contributed by atoms with Crippen LogP contribution >= 0.6 is 0 Å². The van der Waals surface area contributed by atoms with Gasteiger partial charge in [-0.1, -0.05) is 12.1 Å². The van der Waals surface area contributed by atoms with Gasteiger partial charge in [0, 0.05) is 6.07 Å². The Morgan fingerprint density at radius 1 is 1.00 bits per heavy atom. The molecule has 0 saturated heterocycles. The number of halogens is 4. The van der Waals surface area contributed by atoms with E-state index in [4.69, 9.17) is 4.74 Å². The number of aryl methyl sites for hydroxylation is 1. The molecule has 0 atom stereocenters. The Kier molecular flexibility index (Phi) is 3.97. The average Bonchev–Trinajstić information content (AvgIpc) is 2.41. The van der Waals surface area contributed by atoms with Gasteiger partial charge in [-0.3, -0.25) is 0 Å².